The molecule has 2 N–H and O–H groups in total. The molecule has 0 atom stereocenters. The van der Waals surface area contributed by atoms with Crippen LogP contribution in [0.2, 0.25) is 0 Å². The molecule has 0 bridgehead atoms. The molecule has 0 aliphatic carbocycles. The number of aliphatic hydroxyl groups excluding tert-OH is 2. The van der Waals surface area contributed by atoms with Gasteiger partial charge in [-0.2, -0.15) is 0 Å². The van der Waals surface area contributed by atoms with Gasteiger partial charge in [-0.05, 0) is 27.2 Å². The molecule has 0 fully saturated rings. The van der Waals surface area contributed by atoms with Crippen molar-refractivity contribution in [1.29, 1.82) is 0 Å². The molecule has 0 unspecified atom stereocenters. The van der Waals surface area contributed by atoms with Gasteiger partial charge in [0.25, 0.3) is 0 Å². The van der Waals surface area contributed by atoms with Gasteiger partial charge in [0, 0.05) is 5.57 Å². The van der Waals surface area contributed by atoms with Crippen LogP contribution in [-0.4, -0.2) is 10.2 Å². The van der Waals surface area contributed by atoms with Crippen molar-refractivity contribution < 1.29 is 10.2 Å². The van der Waals surface area contributed by atoms with E-state index < -0.39 is 0 Å². The van der Waals surface area contributed by atoms with Crippen LogP contribution in [0, 0.1) is 0 Å². The predicted molar refractivity (Wildman–Crippen MR) is 51.1 cm³/mol. The van der Waals surface area contributed by atoms with Gasteiger partial charge in [-0.1, -0.05) is 18.2 Å². The molecule has 0 aromatic heterocycles. The van der Waals surface area contributed by atoms with Gasteiger partial charge in [0.1, 0.15) is 5.76 Å². The topological polar surface area (TPSA) is 40.5 Å². The summed E-state index contributed by atoms with van der Waals surface area (Å²) in [5.41, 5.74) is 1.64. The van der Waals surface area contributed by atoms with Crippen LogP contribution in [0.15, 0.2) is 35.3 Å². The van der Waals surface area contributed by atoms with E-state index in [-0.39, 0.29) is 11.5 Å². The summed E-state index contributed by atoms with van der Waals surface area (Å²) in [6.45, 7) is 8.83. The van der Waals surface area contributed by atoms with Crippen LogP contribution in [0.25, 0.3) is 0 Å². The fraction of sp³-hybridized carbons (Fsp3) is 0.400. The van der Waals surface area contributed by atoms with Gasteiger partial charge in [0.15, 0.2) is 0 Å². The lowest BCUT2D eigenvalue weighted by Gasteiger charge is -2.03. The lowest BCUT2D eigenvalue weighted by molar-refractivity contribution is 0.380. The Hall–Kier alpha value is -1.18. The first kappa shape index (κ1) is 10.8. The second-order valence-corrected chi connectivity index (χ2v) is 3.00. The Labute approximate surface area is 73.5 Å². The van der Waals surface area contributed by atoms with E-state index in [0.717, 1.165) is 5.57 Å². The highest BCUT2D eigenvalue weighted by molar-refractivity contribution is 5.27. The summed E-state index contributed by atoms with van der Waals surface area (Å²) in [4.78, 5) is 0. The number of hydrogen-bond donors (Lipinski definition) is 2. The summed E-state index contributed by atoms with van der Waals surface area (Å²) in [6, 6.07) is 0. The van der Waals surface area contributed by atoms with Gasteiger partial charge in [-0.3, -0.25) is 0 Å². The lowest BCUT2D eigenvalue weighted by Crippen LogP contribution is -1.90. The van der Waals surface area contributed by atoms with E-state index in [1.807, 2.05) is 19.9 Å². The normalized spacial score (nSPS) is 11.9. The molecule has 12 heavy (non-hydrogen) atoms. The molecule has 0 heterocycles. The first-order valence-corrected chi connectivity index (χ1v) is 3.85. The fourth-order valence-corrected chi connectivity index (χ4v) is 0.781. The Bertz CT molecular complexity index is 226. The standard InChI is InChI=1S/C10H16O2/c1-7(2)5-6-10(8(3)11)9(4)12/h5,11-12H,3,6H2,1-2,4H3/b10-9-. The van der Waals surface area contributed by atoms with Crippen molar-refractivity contribution >= 4 is 0 Å². The van der Waals surface area contributed by atoms with E-state index in [0.29, 0.717) is 12.0 Å². The molecular formula is C10H16O2. The van der Waals surface area contributed by atoms with E-state index in [2.05, 4.69) is 6.58 Å². The lowest BCUT2D eigenvalue weighted by atomic mass is 10.1. The van der Waals surface area contributed by atoms with Crippen molar-refractivity contribution in [1.82, 2.24) is 0 Å². The first-order chi connectivity index (χ1) is 5.45. The fourth-order valence-electron chi connectivity index (χ4n) is 0.781. The molecule has 0 aromatic carbocycles. The van der Waals surface area contributed by atoms with Crippen molar-refractivity contribution in [2.24, 2.45) is 0 Å². The van der Waals surface area contributed by atoms with E-state index in [1.165, 1.54) is 6.92 Å². The van der Waals surface area contributed by atoms with Gasteiger partial charge < -0.3 is 10.2 Å². The Kier molecular flexibility index (Phi) is 4.19. The van der Waals surface area contributed by atoms with Crippen LogP contribution >= 0.6 is 0 Å². The Morgan fingerprint density at radius 2 is 1.75 bits per heavy atom. The largest absolute Gasteiger partial charge is 0.512 e. The van der Waals surface area contributed by atoms with Gasteiger partial charge in [0.05, 0.1) is 5.76 Å². The molecule has 0 aromatic rings. The van der Waals surface area contributed by atoms with Crippen molar-refractivity contribution in [3.63, 3.8) is 0 Å². The molecule has 0 rings (SSSR count). The summed E-state index contributed by atoms with van der Waals surface area (Å²) in [7, 11) is 0. The number of allylic oxidation sites excluding steroid dienone is 4. The maximum atomic E-state index is 9.12. The Morgan fingerprint density at radius 1 is 1.25 bits per heavy atom. The number of aliphatic hydroxyl groups is 2. The minimum absolute atomic E-state index is 0.0625. The molecule has 68 valence electrons. The van der Waals surface area contributed by atoms with Gasteiger partial charge in [0.2, 0.25) is 0 Å². The molecular weight excluding hydrogens is 152 g/mol. The summed E-state index contributed by atoms with van der Waals surface area (Å²) < 4.78 is 0. The molecule has 0 amide bonds. The van der Waals surface area contributed by atoms with Gasteiger partial charge >= 0.3 is 0 Å². The molecule has 2 nitrogen and oxygen atoms in total. The van der Waals surface area contributed by atoms with E-state index >= 15 is 0 Å². The monoisotopic (exact) mass is 168 g/mol. The van der Waals surface area contributed by atoms with Gasteiger partial charge in [-0.25, -0.2) is 0 Å². The van der Waals surface area contributed by atoms with Crippen LogP contribution in [0.3, 0.4) is 0 Å². The van der Waals surface area contributed by atoms with E-state index in [4.69, 9.17) is 10.2 Å². The average molecular weight is 168 g/mol. The highest BCUT2D eigenvalue weighted by Crippen LogP contribution is 2.15. The molecule has 0 aliphatic heterocycles. The zero-order valence-corrected chi connectivity index (χ0v) is 7.89. The zero-order chi connectivity index (χ0) is 9.72. The first-order valence-electron chi connectivity index (χ1n) is 3.85. The number of rotatable bonds is 3. The van der Waals surface area contributed by atoms with Crippen LogP contribution in [0.4, 0.5) is 0 Å². The molecule has 0 radical (unpaired) electrons. The highest BCUT2D eigenvalue weighted by Gasteiger charge is 2.02. The van der Waals surface area contributed by atoms with Crippen molar-refractivity contribution in [2.75, 3.05) is 0 Å². The minimum atomic E-state index is -0.0625. The minimum Gasteiger partial charge on any atom is -0.512 e. The average Bonchev–Trinajstić information content (AvgIpc) is 1.84. The van der Waals surface area contributed by atoms with E-state index in [1.54, 1.807) is 0 Å². The summed E-state index contributed by atoms with van der Waals surface area (Å²) in [6.07, 6.45) is 2.45. The zero-order valence-electron chi connectivity index (χ0n) is 7.89. The maximum absolute atomic E-state index is 9.12. The van der Waals surface area contributed by atoms with Crippen molar-refractivity contribution in [3.05, 3.63) is 35.3 Å². The quantitative estimate of drug-likeness (QED) is 0.386. The molecule has 2 heteroatoms. The maximum Gasteiger partial charge on any atom is 0.115 e. The third-order valence-corrected chi connectivity index (χ3v) is 1.50. The second kappa shape index (κ2) is 4.65. The van der Waals surface area contributed by atoms with Crippen LogP contribution in [0.5, 0.6) is 0 Å². The molecule has 0 aliphatic rings. The van der Waals surface area contributed by atoms with Crippen LogP contribution < -0.4 is 0 Å². The third-order valence-electron chi connectivity index (χ3n) is 1.50. The third kappa shape index (κ3) is 3.86. The van der Waals surface area contributed by atoms with Crippen LogP contribution in [0.1, 0.15) is 27.2 Å². The molecule has 0 saturated carbocycles. The summed E-state index contributed by atoms with van der Waals surface area (Å²) in [5, 5.41) is 18.2. The molecule has 0 spiro atoms. The van der Waals surface area contributed by atoms with E-state index in [9.17, 15) is 0 Å². The van der Waals surface area contributed by atoms with Crippen molar-refractivity contribution in [2.45, 2.75) is 27.2 Å². The Morgan fingerprint density at radius 3 is 2.00 bits per heavy atom. The highest BCUT2D eigenvalue weighted by atomic mass is 16.3. The predicted octanol–water partition coefficient (Wildman–Crippen LogP) is 3.25. The van der Waals surface area contributed by atoms with Crippen molar-refractivity contribution in [3.8, 4) is 0 Å². The summed E-state index contributed by atoms with van der Waals surface area (Å²) in [5.74, 6) is 0.0625. The summed E-state index contributed by atoms with van der Waals surface area (Å²) >= 11 is 0. The SMILES string of the molecule is C=C(O)/C(CC=C(C)C)=C(/C)O. The smallest absolute Gasteiger partial charge is 0.115 e. The molecule has 0 saturated heterocycles. The Balaban J connectivity index is 4.49. The van der Waals surface area contributed by atoms with Crippen LogP contribution in [-0.2, 0) is 0 Å². The second-order valence-electron chi connectivity index (χ2n) is 3.00. The number of hydrogen-bond acceptors (Lipinski definition) is 2. The van der Waals surface area contributed by atoms with Gasteiger partial charge in [-0.15, -0.1) is 0 Å².